The van der Waals surface area contributed by atoms with Gasteiger partial charge in [0.15, 0.2) is 0 Å². The Morgan fingerprint density at radius 1 is 0.960 bits per heavy atom. The van der Waals surface area contributed by atoms with Gasteiger partial charge in [-0.25, -0.2) is 0 Å². The van der Waals surface area contributed by atoms with Crippen LogP contribution in [0.4, 0.5) is 0 Å². The van der Waals surface area contributed by atoms with Crippen molar-refractivity contribution in [1.82, 2.24) is 10.6 Å². The molecule has 0 unspecified atom stereocenters. The van der Waals surface area contributed by atoms with Gasteiger partial charge in [0, 0.05) is 28.2 Å². The Bertz CT molecular complexity index is 766. The van der Waals surface area contributed by atoms with Crippen molar-refractivity contribution >= 4 is 23.4 Å². The fraction of sp³-hybridized carbons (Fsp3) is 0.300. The molecule has 2 amide bonds. The van der Waals surface area contributed by atoms with Crippen LogP contribution >= 0.6 is 11.6 Å². The fourth-order valence-electron chi connectivity index (χ4n) is 2.33. The Balaban J connectivity index is 1.95. The van der Waals surface area contributed by atoms with E-state index in [1.807, 2.05) is 45.0 Å². The zero-order valence-corrected chi connectivity index (χ0v) is 15.5. The van der Waals surface area contributed by atoms with Gasteiger partial charge in [-0.05, 0) is 63.1 Å². The second-order valence-corrected chi connectivity index (χ2v) is 7.36. The molecule has 0 spiro atoms. The van der Waals surface area contributed by atoms with Crippen LogP contribution in [-0.2, 0) is 6.42 Å². The van der Waals surface area contributed by atoms with E-state index in [0.717, 1.165) is 5.56 Å². The monoisotopic (exact) mass is 358 g/mol. The van der Waals surface area contributed by atoms with Crippen molar-refractivity contribution in [1.29, 1.82) is 0 Å². The third-order valence-electron chi connectivity index (χ3n) is 3.46. The van der Waals surface area contributed by atoms with Crippen molar-refractivity contribution in [3.05, 3.63) is 70.2 Å². The highest BCUT2D eigenvalue weighted by Gasteiger charge is 2.16. The molecular formula is C20H23ClN2O2. The van der Waals surface area contributed by atoms with Crippen LogP contribution in [0.25, 0.3) is 0 Å². The highest BCUT2D eigenvalue weighted by Crippen LogP contribution is 2.11. The second-order valence-electron chi connectivity index (χ2n) is 6.92. The molecule has 0 radical (unpaired) electrons. The molecule has 0 aromatic heterocycles. The lowest BCUT2D eigenvalue weighted by molar-refractivity contribution is 0.0919. The predicted octanol–water partition coefficient (Wildman–Crippen LogP) is 3.84. The number of nitrogens with one attached hydrogen (secondary N) is 2. The van der Waals surface area contributed by atoms with E-state index < -0.39 is 0 Å². The van der Waals surface area contributed by atoms with Crippen LogP contribution in [0.1, 0.15) is 47.1 Å². The van der Waals surface area contributed by atoms with Crippen molar-refractivity contribution in [3.8, 4) is 0 Å². The fourth-order valence-corrected chi connectivity index (χ4v) is 2.54. The lowest BCUT2D eigenvalue weighted by atomic mass is 10.1. The van der Waals surface area contributed by atoms with Gasteiger partial charge in [-0.1, -0.05) is 29.8 Å². The first-order valence-corrected chi connectivity index (χ1v) is 8.58. The molecule has 0 saturated heterocycles. The van der Waals surface area contributed by atoms with Crippen molar-refractivity contribution < 1.29 is 9.59 Å². The van der Waals surface area contributed by atoms with E-state index in [-0.39, 0.29) is 17.4 Å². The molecule has 25 heavy (non-hydrogen) atoms. The van der Waals surface area contributed by atoms with Crippen molar-refractivity contribution in [2.24, 2.45) is 0 Å². The molecule has 2 rings (SSSR count). The van der Waals surface area contributed by atoms with Gasteiger partial charge in [-0.15, -0.1) is 0 Å². The molecule has 0 bridgehead atoms. The molecule has 4 nitrogen and oxygen atoms in total. The summed E-state index contributed by atoms with van der Waals surface area (Å²) in [5.74, 6) is -0.395. The van der Waals surface area contributed by atoms with Gasteiger partial charge in [0.05, 0.1) is 0 Å². The number of halogens is 1. The van der Waals surface area contributed by atoms with E-state index >= 15 is 0 Å². The van der Waals surface area contributed by atoms with Crippen LogP contribution in [0.15, 0.2) is 48.5 Å². The molecule has 2 aromatic carbocycles. The third-order valence-corrected chi connectivity index (χ3v) is 3.70. The minimum Gasteiger partial charge on any atom is -0.352 e. The largest absolute Gasteiger partial charge is 0.352 e. The quantitative estimate of drug-likeness (QED) is 0.853. The molecule has 0 fully saturated rings. The standard InChI is InChI=1S/C20H23ClN2O2/c1-20(2,3)23-19(25)16-8-5-7-15(13-16)18(24)22-11-10-14-6-4-9-17(21)12-14/h4-9,12-13H,10-11H2,1-3H3,(H,22,24)(H,23,25). The lowest BCUT2D eigenvalue weighted by Gasteiger charge is -2.20. The zero-order valence-electron chi connectivity index (χ0n) is 14.7. The Kier molecular flexibility index (Phi) is 6.21. The minimum absolute atomic E-state index is 0.193. The first-order valence-electron chi connectivity index (χ1n) is 8.20. The summed E-state index contributed by atoms with van der Waals surface area (Å²) >= 11 is 5.95. The van der Waals surface area contributed by atoms with Gasteiger partial charge in [0.2, 0.25) is 0 Å². The van der Waals surface area contributed by atoms with E-state index in [1.165, 1.54) is 0 Å². The van der Waals surface area contributed by atoms with E-state index in [1.54, 1.807) is 24.3 Å². The maximum atomic E-state index is 12.3. The summed E-state index contributed by atoms with van der Waals surface area (Å²) in [6, 6.07) is 14.3. The van der Waals surface area contributed by atoms with Crippen LogP contribution < -0.4 is 10.6 Å². The summed E-state index contributed by atoms with van der Waals surface area (Å²) in [4.78, 5) is 24.5. The van der Waals surface area contributed by atoms with Crippen LogP contribution in [0, 0.1) is 0 Å². The summed E-state index contributed by atoms with van der Waals surface area (Å²) < 4.78 is 0. The van der Waals surface area contributed by atoms with Crippen LogP contribution in [0.2, 0.25) is 5.02 Å². The van der Waals surface area contributed by atoms with E-state index in [2.05, 4.69) is 10.6 Å². The maximum absolute atomic E-state index is 12.3. The summed E-state index contributed by atoms with van der Waals surface area (Å²) in [7, 11) is 0. The van der Waals surface area contributed by atoms with Crippen molar-refractivity contribution in [2.45, 2.75) is 32.7 Å². The van der Waals surface area contributed by atoms with Gasteiger partial charge in [-0.2, -0.15) is 0 Å². The molecule has 0 heterocycles. The average Bonchev–Trinajstić information content (AvgIpc) is 2.53. The summed E-state index contributed by atoms with van der Waals surface area (Å²) in [5.41, 5.74) is 1.67. The number of benzene rings is 2. The highest BCUT2D eigenvalue weighted by molar-refractivity contribution is 6.30. The number of hydrogen-bond acceptors (Lipinski definition) is 2. The molecular weight excluding hydrogens is 336 g/mol. The SMILES string of the molecule is CC(C)(C)NC(=O)c1cccc(C(=O)NCCc2cccc(Cl)c2)c1. The smallest absolute Gasteiger partial charge is 0.251 e. The van der Waals surface area contributed by atoms with E-state index in [0.29, 0.717) is 29.1 Å². The second kappa shape index (κ2) is 8.17. The van der Waals surface area contributed by atoms with Gasteiger partial charge < -0.3 is 10.6 Å². The molecule has 132 valence electrons. The summed E-state index contributed by atoms with van der Waals surface area (Å²) in [6.07, 6.45) is 0.691. The molecule has 0 atom stereocenters. The van der Waals surface area contributed by atoms with E-state index in [4.69, 9.17) is 11.6 Å². The van der Waals surface area contributed by atoms with E-state index in [9.17, 15) is 9.59 Å². The molecule has 2 N–H and O–H groups in total. The van der Waals surface area contributed by atoms with Crippen LogP contribution in [-0.4, -0.2) is 23.9 Å². The molecule has 0 aliphatic rings. The topological polar surface area (TPSA) is 58.2 Å². The Morgan fingerprint density at radius 2 is 1.60 bits per heavy atom. The van der Waals surface area contributed by atoms with Crippen molar-refractivity contribution in [2.75, 3.05) is 6.54 Å². The number of carbonyl (C=O) groups is 2. The highest BCUT2D eigenvalue weighted by atomic mass is 35.5. The summed E-state index contributed by atoms with van der Waals surface area (Å²) in [5, 5.41) is 6.44. The number of amides is 2. The molecule has 0 saturated carbocycles. The summed E-state index contributed by atoms with van der Waals surface area (Å²) in [6.45, 7) is 6.24. The Hall–Kier alpha value is -2.33. The minimum atomic E-state index is -0.327. The van der Waals surface area contributed by atoms with Gasteiger partial charge in [-0.3, -0.25) is 9.59 Å². The zero-order chi connectivity index (χ0) is 18.4. The molecule has 0 aliphatic heterocycles. The number of carbonyl (C=O) groups excluding carboxylic acids is 2. The maximum Gasteiger partial charge on any atom is 0.251 e. The normalized spacial score (nSPS) is 11.0. The van der Waals surface area contributed by atoms with Crippen LogP contribution in [0.3, 0.4) is 0 Å². The molecule has 0 aliphatic carbocycles. The lowest BCUT2D eigenvalue weighted by Crippen LogP contribution is -2.40. The predicted molar refractivity (Wildman–Crippen MR) is 101 cm³/mol. The molecule has 5 heteroatoms. The number of hydrogen-bond donors (Lipinski definition) is 2. The first-order chi connectivity index (χ1) is 11.7. The van der Waals surface area contributed by atoms with Crippen molar-refractivity contribution in [3.63, 3.8) is 0 Å². The molecule has 2 aromatic rings. The number of rotatable bonds is 5. The third kappa shape index (κ3) is 6.24. The van der Waals surface area contributed by atoms with Gasteiger partial charge in [0.25, 0.3) is 11.8 Å². The van der Waals surface area contributed by atoms with Gasteiger partial charge >= 0.3 is 0 Å². The van der Waals surface area contributed by atoms with Crippen LogP contribution in [0.5, 0.6) is 0 Å². The first kappa shape index (κ1) is 19.0. The Morgan fingerprint density at radius 3 is 2.24 bits per heavy atom. The van der Waals surface area contributed by atoms with Gasteiger partial charge in [0.1, 0.15) is 0 Å². The Labute approximate surface area is 153 Å². The average molecular weight is 359 g/mol.